The second-order valence-electron chi connectivity index (χ2n) is 7.47. The molecule has 0 bridgehead atoms. The zero-order valence-corrected chi connectivity index (χ0v) is 17.5. The van der Waals surface area contributed by atoms with Crippen molar-refractivity contribution in [2.24, 2.45) is 0 Å². The van der Waals surface area contributed by atoms with Crippen LogP contribution in [0.4, 0.5) is 11.6 Å². The van der Waals surface area contributed by atoms with E-state index in [1.54, 1.807) is 24.3 Å². The highest BCUT2D eigenvalue weighted by Crippen LogP contribution is 2.29. The van der Waals surface area contributed by atoms with Crippen molar-refractivity contribution in [1.29, 1.82) is 0 Å². The molecule has 2 heterocycles. The summed E-state index contributed by atoms with van der Waals surface area (Å²) in [6.07, 6.45) is 0.0159. The molecule has 0 unspecified atom stereocenters. The number of rotatable bonds is 4. The third-order valence-electron chi connectivity index (χ3n) is 4.83. The van der Waals surface area contributed by atoms with Crippen LogP contribution in [0.2, 0.25) is 0 Å². The first-order chi connectivity index (χ1) is 13.8. The van der Waals surface area contributed by atoms with E-state index in [0.717, 1.165) is 5.56 Å². The van der Waals surface area contributed by atoms with Gasteiger partial charge >= 0.3 is 0 Å². The van der Waals surface area contributed by atoms with Gasteiger partial charge in [-0.2, -0.15) is 0 Å². The number of benzene rings is 2. The van der Waals surface area contributed by atoms with Crippen LogP contribution in [0.5, 0.6) is 0 Å². The maximum absolute atomic E-state index is 13.0. The highest BCUT2D eigenvalue weighted by Gasteiger charge is 2.28. The third kappa shape index (κ3) is 4.18. The van der Waals surface area contributed by atoms with Crippen LogP contribution in [-0.4, -0.2) is 43.7 Å². The van der Waals surface area contributed by atoms with Gasteiger partial charge in [0.15, 0.2) is 11.6 Å². The third-order valence-corrected chi connectivity index (χ3v) is 6.19. The van der Waals surface area contributed by atoms with Crippen molar-refractivity contribution in [2.45, 2.75) is 37.9 Å². The van der Waals surface area contributed by atoms with E-state index < -0.39 is 10.0 Å². The zero-order chi connectivity index (χ0) is 20.6. The number of para-hydroxylation sites is 2. The van der Waals surface area contributed by atoms with Gasteiger partial charge in [0.1, 0.15) is 0 Å². The van der Waals surface area contributed by atoms with Crippen LogP contribution in [0.25, 0.3) is 11.0 Å². The molecule has 0 saturated carbocycles. The second kappa shape index (κ2) is 7.61. The van der Waals surface area contributed by atoms with Gasteiger partial charge in [0.05, 0.1) is 28.1 Å². The minimum absolute atomic E-state index is 0.00794. The standard InChI is InChI=1S/C21H24N4O3S/c1-14-8-10-17(11-9-14)29(26,27)24-20-21(25-12-15(2)28-16(3)13-25)23-19-7-5-4-6-18(19)22-20/h4-11,15-16H,12-13H2,1-3H3,(H,22,24)/t15-,16+. The molecule has 152 valence electrons. The lowest BCUT2D eigenvalue weighted by atomic mass is 10.2. The van der Waals surface area contributed by atoms with Gasteiger partial charge in [0, 0.05) is 13.1 Å². The fraction of sp³-hybridized carbons (Fsp3) is 0.333. The summed E-state index contributed by atoms with van der Waals surface area (Å²) in [7, 11) is -3.80. The molecule has 2 atom stereocenters. The van der Waals surface area contributed by atoms with Gasteiger partial charge < -0.3 is 9.64 Å². The number of nitrogens with zero attached hydrogens (tertiary/aromatic N) is 3. The molecule has 29 heavy (non-hydrogen) atoms. The predicted octanol–water partition coefficient (Wildman–Crippen LogP) is 3.35. The van der Waals surface area contributed by atoms with Crippen molar-refractivity contribution in [3.63, 3.8) is 0 Å². The fourth-order valence-corrected chi connectivity index (χ4v) is 4.54. The fourth-order valence-electron chi connectivity index (χ4n) is 3.53. The van der Waals surface area contributed by atoms with Crippen molar-refractivity contribution in [3.8, 4) is 0 Å². The summed E-state index contributed by atoms with van der Waals surface area (Å²) in [6, 6.07) is 14.2. The number of anilines is 2. The Morgan fingerprint density at radius 3 is 2.17 bits per heavy atom. The molecule has 1 fully saturated rings. The van der Waals surface area contributed by atoms with E-state index in [1.165, 1.54) is 0 Å². The molecule has 8 heteroatoms. The highest BCUT2D eigenvalue weighted by atomic mass is 32.2. The van der Waals surface area contributed by atoms with Crippen molar-refractivity contribution in [2.75, 3.05) is 22.7 Å². The number of aromatic nitrogens is 2. The van der Waals surface area contributed by atoms with E-state index in [2.05, 4.69) is 9.71 Å². The lowest BCUT2D eigenvalue weighted by Gasteiger charge is -2.36. The van der Waals surface area contributed by atoms with E-state index in [1.807, 2.05) is 49.9 Å². The number of fused-ring (bicyclic) bond motifs is 1. The molecule has 3 aromatic rings. The Labute approximate surface area is 170 Å². The Hall–Kier alpha value is -2.71. The van der Waals surface area contributed by atoms with Gasteiger partial charge in [-0.3, -0.25) is 4.72 Å². The average molecular weight is 413 g/mol. The molecule has 1 saturated heterocycles. The molecule has 1 aliphatic rings. The van der Waals surface area contributed by atoms with Crippen molar-refractivity contribution < 1.29 is 13.2 Å². The van der Waals surface area contributed by atoms with E-state index in [-0.39, 0.29) is 22.9 Å². The van der Waals surface area contributed by atoms with E-state index in [0.29, 0.717) is 29.9 Å². The second-order valence-corrected chi connectivity index (χ2v) is 9.15. The van der Waals surface area contributed by atoms with Gasteiger partial charge in [0.25, 0.3) is 10.0 Å². The molecule has 1 aromatic heterocycles. The summed E-state index contributed by atoms with van der Waals surface area (Å²) in [6.45, 7) is 7.12. The Balaban J connectivity index is 1.78. The Morgan fingerprint density at radius 2 is 1.55 bits per heavy atom. The average Bonchev–Trinajstić information content (AvgIpc) is 2.66. The molecular formula is C21H24N4O3S. The Morgan fingerprint density at radius 1 is 0.966 bits per heavy atom. The van der Waals surface area contributed by atoms with E-state index in [4.69, 9.17) is 9.72 Å². The monoisotopic (exact) mass is 412 g/mol. The molecule has 1 N–H and O–H groups in total. The topological polar surface area (TPSA) is 84.4 Å². The zero-order valence-electron chi connectivity index (χ0n) is 16.7. The molecule has 0 radical (unpaired) electrons. The Bertz CT molecular complexity index is 1120. The molecule has 0 aliphatic carbocycles. The number of ether oxygens (including phenoxy) is 1. The molecule has 0 amide bonds. The highest BCUT2D eigenvalue weighted by molar-refractivity contribution is 7.92. The minimum Gasteiger partial charge on any atom is -0.372 e. The number of aryl methyl sites for hydroxylation is 1. The van der Waals surface area contributed by atoms with Gasteiger partial charge in [-0.1, -0.05) is 29.8 Å². The summed E-state index contributed by atoms with van der Waals surface area (Å²) in [5, 5.41) is 0. The largest absolute Gasteiger partial charge is 0.372 e. The van der Waals surface area contributed by atoms with Crippen LogP contribution in [0, 0.1) is 6.92 Å². The van der Waals surface area contributed by atoms with Crippen LogP contribution in [0.1, 0.15) is 19.4 Å². The minimum atomic E-state index is -3.80. The van der Waals surface area contributed by atoms with Crippen LogP contribution < -0.4 is 9.62 Å². The molecule has 1 aliphatic heterocycles. The smallest absolute Gasteiger partial charge is 0.263 e. The SMILES string of the molecule is Cc1ccc(S(=O)(=O)Nc2nc3ccccc3nc2N2C[C@@H](C)O[C@@H](C)C2)cc1. The maximum Gasteiger partial charge on any atom is 0.263 e. The lowest BCUT2D eigenvalue weighted by molar-refractivity contribution is -0.00540. The Kier molecular flexibility index (Phi) is 5.14. The maximum atomic E-state index is 13.0. The van der Waals surface area contributed by atoms with E-state index >= 15 is 0 Å². The molecule has 2 aromatic carbocycles. The van der Waals surface area contributed by atoms with Crippen LogP contribution in [-0.2, 0) is 14.8 Å². The van der Waals surface area contributed by atoms with Gasteiger partial charge in [-0.25, -0.2) is 18.4 Å². The molecule has 7 nitrogen and oxygen atoms in total. The molecular weight excluding hydrogens is 388 g/mol. The number of hydrogen-bond donors (Lipinski definition) is 1. The van der Waals surface area contributed by atoms with Crippen molar-refractivity contribution >= 4 is 32.7 Å². The first-order valence-corrected chi connectivity index (χ1v) is 11.1. The van der Waals surface area contributed by atoms with Crippen molar-refractivity contribution in [3.05, 3.63) is 54.1 Å². The first kappa shape index (κ1) is 19.6. The first-order valence-electron chi connectivity index (χ1n) is 9.58. The van der Waals surface area contributed by atoms with Gasteiger partial charge in [0.2, 0.25) is 0 Å². The predicted molar refractivity (Wildman–Crippen MR) is 114 cm³/mol. The van der Waals surface area contributed by atoms with Gasteiger partial charge in [-0.15, -0.1) is 0 Å². The van der Waals surface area contributed by atoms with Crippen LogP contribution in [0.3, 0.4) is 0 Å². The van der Waals surface area contributed by atoms with Crippen LogP contribution >= 0.6 is 0 Å². The number of sulfonamides is 1. The summed E-state index contributed by atoms with van der Waals surface area (Å²) in [5.74, 6) is 0.743. The molecule has 0 spiro atoms. The van der Waals surface area contributed by atoms with Crippen molar-refractivity contribution in [1.82, 2.24) is 9.97 Å². The van der Waals surface area contributed by atoms with Gasteiger partial charge in [-0.05, 0) is 45.0 Å². The summed E-state index contributed by atoms with van der Waals surface area (Å²) >= 11 is 0. The summed E-state index contributed by atoms with van der Waals surface area (Å²) in [5.41, 5.74) is 2.34. The quantitative estimate of drug-likeness (QED) is 0.707. The molecule has 4 rings (SSSR count). The normalized spacial score (nSPS) is 20.0. The summed E-state index contributed by atoms with van der Waals surface area (Å²) < 4.78 is 34.5. The number of morpholine rings is 1. The lowest BCUT2D eigenvalue weighted by Crippen LogP contribution is -2.46. The van der Waals surface area contributed by atoms with E-state index in [9.17, 15) is 8.42 Å². The number of hydrogen-bond acceptors (Lipinski definition) is 6. The van der Waals surface area contributed by atoms with Crippen LogP contribution in [0.15, 0.2) is 53.4 Å². The number of nitrogens with one attached hydrogen (secondary N) is 1. The summed E-state index contributed by atoms with van der Waals surface area (Å²) in [4.78, 5) is 11.6.